The highest BCUT2D eigenvalue weighted by Gasteiger charge is 2.39. The summed E-state index contributed by atoms with van der Waals surface area (Å²) in [6.07, 6.45) is 18.9. The number of likely N-dealkylation sites (N-methyl/N-ethyl adjacent to an activating group) is 2. The maximum absolute atomic E-state index is 11.8. The van der Waals surface area contributed by atoms with Crippen LogP contribution < -0.4 is 5.73 Å². The Bertz CT molecular complexity index is 335. The van der Waals surface area contributed by atoms with E-state index in [1.807, 2.05) is 19.1 Å². The molecule has 2 unspecified atom stereocenters. The van der Waals surface area contributed by atoms with Crippen LogP contribution >= 0.6 is 0 Å². The first kappa shape index (κ1) is 21.4. The highest BCUT2D eigenvalue weighted by Crippen LogP contribution is 2.21. The zero-order chi connectivity index (χ0) is 17.8. The topological polar surface area (TPSA) is 49.6 Å². The number of hydrogen-bond acceptors (Lipinski definition) is 3. The van der Waals surface area contributed by atoms with Gasteiger partial charge in [0.05, 0.1) is 6.04 Å². The molecule has 1 amide bonds. The summed E-state index contributed by atoms with van der Waals surface area (Å²) in [6.45, 7) is 2.28. The summed E-state index contributed by atoms with van der Waals surface area (Å²) in [7, 11) is 3.78. The number of carbonyl (C=O) groups is 1. The number of amides is 1. The van der Waals surface area contributed by atoms with Crippen LogP contribution in [0.3, 0.4) is 0 Å². The van der Waals surface area contributed by atoms with Gasteiger partial charge in [-0.1, -0.05) is 90.4 Å². The van der Waals surface area contributed by atoms with Crippen LogP contribution in [0.5, 0.6) is 0 Å². The molecule has 0 aromatic heterocycles. The predicted octanol–water partition coefficient (Wildman–Crippen LogP) is 4.48. The molecule has 0 bridgehead atoms. The average Bonchev–Trinajstić information content (AvgIpc) is 2.76. The summed E-state index contributed by atoms with van der Waals surface area (Å²) in [6, 6.07) is -0.146. The molecule has 1 aliphatic heterocycles. The van der Waals surface area contributed by atoms with Gasteiger partial charge in [-0.25, -0.2) is 5.01 Å². The molecule has 0 aliphatic carbocycles. The zero-order valence-electron chi connectivity index (χ0n) is 16.4. The van der Waals surface area contributed by atoms with E-state index in [9.17, 15) is 4.79 Å². The first-order chi connectivity index (χ1) is 11.6. The quantitative estimate of drug-likeness (QED) is 0.475. The van der Waals surface area contributed by atoms with Crippen molar-refractivity contribution in [3.8, 4) is 0 Å². The van der Waals surface area contributed by atoms with E-state index in [0.29, 0.717) is 0 Å². The minimum atomic E-state index is -0.336. The lowest BCUT2D eigenvalue weighted by molar-refractivity contribution is -0.135. The number of hydrazine groups is 1. The normalized spacial score (nSPS) is 21.8. The van der Waals surface area contributed by atoms with Crippen molar-refractivity contribution in [2.75, 3.05) is 14.1 Å². The fourth-order valence-corrected chi connectivity index (χ4v) is 3.73. The Hall–Kier alpha value is -0.610. The summed E-state index contributed by atoms with van der Waals surface area (Å²) in [4.78, 5) is 11.8. The molecule has 1 heterocycles. The largest absolute Gasteiger partial charge is 0.318 e. The van der Waals surface area contributed by atoms with E-state index in [1.54, 1.807) is 5.01 Å². The van der Waals surface area contributed by atoms with Gasteiger partial charge in [0.1, 0.15) is 6.04 Å². The van der Waals surface area contributed by atoms with E-state index in [2.05, 4.69) is 6.92 Å². The Morgan fingerprint density at radius 3 is 1.58 bits per heavy atom. The second-order valence-electron chi connectivity index (χ2n) is 7.56. The molecule has 1 fully saturated rings. The van der Waals surface area contributed by atoms with E-state index in [4.69, 9.17) is 5.73 Å². The second kappa shape index (κ2) is 12.7. The number of unbranched alkanes of at least 4 members (excludes halogenated alkanes) is 12. The van der Waals surface area contributed by atoms with Crippen LogP contribution in [0.15, 0.2) is 0 Å². The Balaban J connectivity index is 1.88. The van der Waals surface area contributed by atoms with Crippen molar-refractivity contribution < 1.29 is 4.79 Å². The van der Waals surface area contributed by atoms with E-state index < -0.39 is 0 Å². The van der Waals surface area contributed by atoms with Gasteiger partial charge in [0.25, 0.3) is 5.91 Å². The number of carbonyl (C=O) groups excluding carboxylic acids is 1. The molecule has 1 aliphatic rings. The van der Waals surface area contributed by atoms with Crippen molar-refractivity contribution in [3.63, 3.8) is 0 Å². The highest BCUT2D eigenvalue weighted by atomic mass is 16.2. The van der Waals surface area contributed by atoms with Crippen LogP contribution in [0.25, 0.3) is 0 Å². The molecule has 0 aromatic carbocycles. The Morgan fingerprint density at radius 2 is 1.21 bits per heavy atom. The molecule has 0 spiro atoms. The molecule has 2 N–H and O–H groups in total. The van der Waals surface area contributed by atoms with Crippen molar-refractivity contribution in [2.24, 2.45) is 5.73 Å². The standard InChI is InChI=1S/C20H41N3O/c1-4-5-6-7-8-9-10-11-12-13-14-15-16-17-18-19(21)20(24)23(3)22(18)2/h18-19H,4-17,21H2,1-3H3. The number of nitrogens with two attached hydrogens (primary N) is 1. The smallest absolute Gasteiger partial charge is 0.255 e. The minimum absolute atomic E-state index is 0.0530. The van der Waals surface area contributed by atoms with E-state index in [0.717, 1.165) is 6.42 Å². The van der Waals surface area contributed by atoms with Gasteiger partial charge in [0.2, 0.25) is 0 Å². The monoisotopic (exact) mass is 339 g/mol. The van der Waals surface area contributed by atoms with Crippen LogP contribution in [0, 0.1) is 0 Å². The first-order valence-corrected chi connectivity index (χ1v) is 10.4. The average molecular weight is 340 g/mol. The molecule has 4 nitrogen and oxygen atoms in total. The van der Waals surface area contributed by atoms with Crippen LogP contribution in [-0.4, -0.2) is 42.1 Å². The van der Waals surface area contributed by atoms with Gasteiger partial charge in [0, 0.05) is 14.1 Å². The van der Waals surface area contributed by atoms with Crippen molar-refractivity contribution >= 4 is 5.91 Å². The molecular formula is C20H41N3O. The molecule has 2 atom stereocenters. The van der Waals surface area contributed by atoms with E-state index >= 15 is 0 Å². The number of nitrogens with zero attached hydrogens (tertiary/aromatic N) is 2. The molecule has 142 valence electrons. The van der Waals surface area contributed by atoms with Gasteiger partial charge in [0.15, 0.2) is 0 Å². The lowest BCUT2D eigenvalue weighted by Gasteiger charge is -2.25. The van der Waals surface area contributed by atoms with Crippen molar-refractivity contribution in [1.82, 2.24) is 10.0 Å². The summed E-state index contributed by atoms with van der Waals surface area (Å²) in [5.41, 5.74) is 6.02. The molecule has 4 heteroatoms. The molecule has 1 rings (SSSR count). The molecule has 24 heavy (non-hydrogen) atoms. The first-order valence-electron chi connectivity index (χ1n) is 10.4. The maximum Gasteiger partial charge on any atom is 0.255 e. The van der Waals surface area contributed by atoms with Crippen molar-refractivity contribution in [3.05, 3.63) is 0 Å². The molecule has 0 saturated carbocycles. The lowest BCUT2D eigenvalue weighted by Crippen LogP contribution is -2.39. The lowest BCUT2D eigenvalue weighted by atomic mass is 10.0. The fourth-order valence-electron chi connectivity index (χ4n) is 3.73. The Labute approximate surface area is 150 Å². The van der Waals surface area contributed by atoms with Crippen LogP contribution in [0.1, 0.15) is 96.8 Å². The maximum atomic E-state index is 11.8. The fraction of sp³-hybridized carbons (Fsp3) is 0.950. The van der Waals surface area contributed by atoms with Gasteiger partial charge in [-0.05, 0) is 6.42 Å². The third-order valence-corrected chi connectivity index (χ3v) is 5.58. The number of hydrogen-bond donors (Lipinski definition) is 1. The summed E-state index contributed by atoms with van der Waals surface area (Å²) < 4.78 is 0. The summed E-state index contributed by atoms with van der Waals surface area (Å²) in [5, 5.41) is 3.67. The minimum Gasteiger partial charge on any atom is -0.318 e. The summed E-state index contributed by atoms with van der Waals surface area (Å²) in [5.74, 6) is 0.0530. The third-order valence-electron chi connectivity index (χ3n) is 5.58. The second-order valence-corrected chi connectivity index (χ2v) is 7.56. The molecule has 1 saturated heterocycles. The van der Waals surface area contributed by atoms with Crippen molar-refractivity contribution in [2.45, 2.75) is 109 Å². The molecule has 0 aromatic rings. The van der Waals surface area contributed by atoms with Crippen molar-refractivity contribution in [1.29, 1.82) is 0 Å². The van der Waals surface area contributed by atoms with Crippen LogP contribution in [-0.2, 0) is 4.79 Å². The van der Waals surface area contributed by atoms with E-state index in [1.165, 1.54) is 83.5 Å². The van der Waals surface area contributed by atoms with Crippen LogP contribution in [0.2, 0.25) is 0 Å². The van der Waals surface area contributed by atoms with E-state index in [-0.39, 0.29) is 18.0 Å². The van der Waals surface area contributed by atoms with Gasteiger partial charge in [-0.15, -0.1) is 0 Å². The van der Waals surface area contributed by atoms with Gasteiger partial charge >= 0.3 is 0 Å². The Kier molecular flexibility index (Phi) is 11.4. The predicted molar refractivity (Wildman–Crippen MR) is 103 cm³/mol. The molecule has 0 radical (unpaired) electrons. The third kappa shape index (κ3) is 7.52. The van der Waals surface area contributed by atoms with Gasteiger partial charge < -0.3 is 5.73 Å². The molecular weight excluding hydrogens is 298 g/mol. The van der Waals surface area contributed by atoms with Gasteiger partial charge in [-0.3, -0.25) is 9.80 Å². The van der Waals surface area contributed by atoms with Crippen LogP contribution in [0.4, 0.5) is 0 Å². The summed E-state index contributed by atoms with van der Waals surface area (Å²) >= 11 is 0. The van der Waals surface area contributed by atoms with Gasteiger partial charge in [-0.2, -0.15) is 0 Å². The highest BCUT2D eigenvalue weighted by molar-refractivity contribution is 5.83. The SMILES string of the molecule is CCCCCCCCCCCCCCCC1C(N)C(=O)N(C)N1C. The zero-order valence-corrected chi connectivity index (χ0v) is 16.4. The number of rotatable bonds is 14. The Morgan fingerprint density at radius 1 is 0.792 bits per heavy atom.